The Morgan fingerprint density at radius 3 is 2.96 bits per heavy atom. The monoisotopic (exact) mass is 348 g/mol. The van der Waals surface area contributed by atoms with E-state index < -0.39 is 0 Å². The van der Waals surface area contributed by atoms with Crippen molar-refractivity contribution in [3.63, 3.8) is 0 Å². The van der Waals surface area contributed by atoms with Crippen molar-refractivity contribution < 1.29 is 9.53 Å². The first kappa shape index (κ1) is 17.0. The van der Waals surface area contributed by atoms with E-state index in [9.17, 15) is 4.79 Å². The van der Waals surface area contributed by atoms with Crippen LogP contribution in [0.15, 0.2) is 24.3 Å². The SMILES string of the molecule is Cc1n[nH]c(C)c1[C@H]1COCCN1CC(=O)Nc1ccccc1Cl. The third-order valence-electron chi connectivity index (χ3n) is 4.25. The van der Waals surface area contributed by atoms with Gasteiger partial charge < -0.3 is 10.1 Å². The van der Waals surface area contributed by atoms with Crippen molar-refractivity contribution >= 4 is 23.2 Å². The summed E-state index contributed by atoms with van der Waals surface area (Å²) in [7, 11) is 0. The number of carbonyl (C=O) groups is 1. The van der Waals surface area contributed by atoms with E-state index in [1.54, 1.807) is 12.1 Å². The lowest BCUT2D eigenvalue weighted by Crippen LogP contribution is -2.44. The first-order valence-corrected chi connectivity index (χ1v) is 8.31. The molecule has 128 valence electrons. The van der Waals surface area contributed by atoms with Gasteiger partial charge in [0, 0.05) is 17.8 Å². The first-order chi connectivity index (χ1) is 11.6. The number of aryl methyl sites for hydroxylation is 2. The zero-order valence-corrected chi connectivity index (χ0v) is 14.6. The minimum absolute atomic E-state index is 0.0227. The summed E-state index contributed by atoms with van der Waals surface area (Å²) in [4.78, 5) is 14.6. The molecule has 0 spiro atoms. The molecule has 2 heterocycles. The molecule has 0 saturated carbocycles. The molecule has 6 nitrogen and oxygen atoms in total. The fraction of sp³-hybridized carbons (Fsp3) is 0.412. The predicted molar refractivity (Wildman–Crippen MR) is 93.3 cm³/mol. The minimum atomic E-state index is -0.0891. The van der Waals surface area contributed by atoms with Crippen LogP contribution in [0.1, 0.15) is 23.0 Å². The normalized spacial score (nSPS) is 18.5. The van der Waals surface area contributed by atoms with Crippen LogP contribution < -0.4 is 5.32 Å². The summed E-state index contributed by atoms with van der Waals surface area (Å²) in [5.41, 5.74) is 3.70. The molecule has 3 rings (SSSR count). The average molecular weight is 349 g/mol. The Hall–Kier alpha value is -1.89. The van der Waals surface area contributed by atoms with Crippen molar-refractivity contribution in [2.45, 2.75) is 19.9 Å². The Morgan fingerprint density at radius 1 is 1.46 bits per heavy atom. The van der Waals surface area contributed by atoms with Crippen LogP contribution in [0.3, 0.4) is 0 Å². The Morgan fingerprint density at radius 2 is 2.25 bits per heavy atom. The molecule has 1 aromatic heterocycles. The fourth-order valence-electron chi connectivity index (χ4n) is 3.08. The van der Waals surface area contributed by atoms with Gasteiger partial charge in [-0.2, -0.15) is 5.10 Å². The van der Waals surface area contributed by atoms with Crippen LogP contribution in [-0.2, 0) is 9.53 Å². The standard InChI is InChI=1S/C17H21ClN4O2/c1-11-17(12(2)21-20-11)15-10-24-8-7-22(15)9-16(23)19-14-6-4-3-5-13(14)18/h3-6,15H,7-10H2,1-2H3,(H,19,23)(H,20,21)/t15-/m1/s1. The third-order valence-corrected chi connectivity index (χ3v) is 4.58. The molecule has 0 radical (unpaired) electrons. The second-order valence-corrected chi connectivity index (χ2v) is 6.34. The van der Waals surface area contributed by atoms with Gasteiger partial charge in [-0.15, -0.1) is 0 Å². The van der Waals surface area contributed by atoms with E-state index >= 15 is 0 Å². The molecule has 1 aromatic carbocycles. The lowest BCUT2D eigenvalue weighted by Gasteiger charge is -2.35. The lowest BCUT2D eigenvalue weighted by molar-refractivity contribution is -0.119. The maximum atomic E-state index is 12.4. The molecule has 2 aromatic rings. The lowest BCUT2D eigenvalue weighted by atomic mass is 10.0. The van der Waals surface area contributed by atoms with E-state index in [2.05, 4.69) is 20.4 Å². The van der Waals surface area contributed by atoms with Gasteiger partial charge in [-0.25, -0.2) is 0 Å². The molecular weight excluding hydrogens is 328 g/mol. The number of para-hydroxylation sites is 1. The molecule has 1 aliphatic heterocycles. The summed E-state index contributed by atoms with van der Waals surface area (Å²) in [5, 5.41) is 10.7. The van der Waals surface area contributed by atoms with Crippen LogP contribution in [-0.4, -0.2) is 47.3 Å². The predicted octanol–water partition coefficient (Wildman–Crippen LogP) is 2.69. The van der Waals surface area contributed by atoms with Gasteiger partial charge in [-0.05, 0) is 26.0 Å². The van der Waals surface area contributed by atoms with Gasteiger partial charge in [-0.3, -0.25) is 14.8 Å². The van der Waals surface area contributed by atoms with Gasteiger partial charge in [0.25, 0.3) is 0 Å². The van der Waals surface area contributed by atoms with Gasteiger partial charge in [0.1, 0.15) is 0 Å². The molecular formula is C17H21ClN4O2. The summed E-state index contributed by atoms with van der Waals surface area (Å²) in [6.07, 6.45) is 0. The van der Waals surface area contributed by atoms with E-state index in [4.69, 9.17) is 16.3 Å². The number of nitrogens with one attached hydrogen (secondary N) is 2. The maximum Gasteiger partial charge on any atom is 0.238 e. The molecule has 0 aliphatic carbocycles. The van der Waals surface area contributed by atoms with Crippen LogP contribution in [0.2, 0.25) is 5.02 Å². The van der Waals surface area contributed by atoms with E-state index in [0.29, 0.717) is 30.5 Å². The van der Waals surface area contributed by atoms with Crippen molar-refractivity contribution in [1.29, 1.82) is 0 Å². The summed E-state index contributed by atoms with van der Waals surface area (Å²) >= 11 is 6.10. The van der Waals surface area contributed by atoms with Crippen molar-refractivity contribution in [1.82, 2.24) is 15.1 Å². The second-order valence-electron chi connectivity index (χ2n) is 5.94. The van der Waals surface area contributed by atoms with E-state index in [0.717, 1.165) is 17.0 Å². The number of nitrogens with zero attached hydrogens (tertiary/aromatic N) is 2. The van der Waals surface area contributed by atoms with Crippen molar-refractivity contribution in [3.8, 4) is 0 Å². The zero-order valence-electron chi connectivity index (χ0n) is 13.8. The maximum absolute atomic E-state index is 12.4. The largest absolute Gasteiger partial charge is 0.378 e. The molecule has 7 heteroatoms. The quantitative estimate of drug-likeness (QED) is 0.891. The Kier molecular flexibility index (Phi) is 5.18. The zero-order chi connectivity index (χ0) is 17.1. The van der Waals surface area contributed by atoms with Crippen LogP contribution >= 0.6 is 11.6 Å². The minimum Gasteiger partial charge on any atom is -0.378 e. The van der Waals surface area contributed by atoms with Crippen molar-refractivity contribution in [2.75, 3.05) is 31.6 Å². The molecule has 1 amide bonds. The van der Waals surface area contributed by atoms with Gasteiger partial charge in [-0.1, -0.05) is 23.7 Å². The number of amides is 1. The molecule has 1 aliphatic rings. The highest BCUT2D eigenvalue weighted by Crippen LogP contribution is 2.28. The van der Waals surface area contributed by atoms with Crippen molar-refractivity contribution in [2.24, 2.45) is 0 Å². The summed E-state index contributed by atoms with van der Waals surface area (Å²) in [6.45, 7) is 6.11. The fourth-order valence-corrected chi connectivity index (χ4v) is 3.26. The number of halogens is 1. The van der Waals surface area contributed by atoms with Gasteiger partial charge in [0.15, 0.2) is 0 Å². The second kappa shape index (κ2) is 7.34. The number of aromatic amines is 1. The molecule has 1 fully saturated rings. The number of hydrogen-bond acceptors (Lipinski definition) is 4. The molecule has 0 bridgehead atoms. The van der Waals surface area contributed by atoms with Crippen LogP contribution in [0.25, 0.3) is 0 Å². The number of anilines is 1. The van der Waals surface area contributed by atoms with Crippen LogP contribution in [0.4, 0.5) is 5.69 Å². The summed E-state index contributed by atoms with van der Waals surface area (Å²) < 4.78 is 5.63. The first-order valence-electron chi connectivity index (χ1n) is 7.94. The third kappa shape index (κ3) is 3.61. The average Bonchev–Trinajstić information content (AvgIpc) is 2.89. The molecule has 24 heavy (non-hydrogen) atoms. The Labute approximate surface area is 146 Å². The molecule has 1 atom stereocenters. The van der Waals surface area contributed by atoms with E-state index in [1.807, 2.05) is 26.0 Å². The van der Waals surface area contributed by atoms with Crippen molar-refractivity contribution in [3.05, 3.63) is 46.2 Å². The summed E-state index contributed by atoms with van der Waals surface area (Å²) in [6, 6.07) is 7.25. The number of morpholine rings is 1. The highest BCUT2D eigenvalue weighted by molar-refractivity contribution is 6.33. The number of hydrogen-bond donors (Lipinski definition) is 2. The molecule has 1 saturated heterocycles. The number of rotatable bonds is 4. The number of ether oxygens (including phenoxy) is 1. The highest BCUT2D eigenvalue weighted by Gasteiger charge is 2.29. The molecule has 0 unspecified atom stereocenters. The summed E-state index contributed by atoms with van der Waals surface area (Å²) in [5.74, 6) is -0.0891. The Bertz CT molecular complexity index is 712. The number of carbonyl (C=O) groups excluding carboxylic acids is 1. The van der Waals surface area contributed by atoms with Crippen LogP contribution in [0.5, 0.6) is 0 Å². The Balaban J connectivity index is 1.72. The smallest absolute Gasteiger partial charge is 0.238 e. The number of H-pyrrole nitrogens is 1. The van der Waals surface area contributed by atoms with E-state index in [-0.39, 0.29) is 18.5 Å². The highest BCUT2D eigenvalue weighted by atomic mass is 35.5. The number of aromatic nitrogens is 2. The topological polar surface area (TPSA) is 70.2 Å². The van der Waals surface area contributed by atoms with Crippen LogP contribution in [0, 0.1) is 13.8 Å². The van der Waals surface area contributed by atoms with Gasteiger partial charge in [0.2, 0.25) is 5.91 Å². The van der Waals surface area contributed by atoms with E-state index in [1.165, 1.54) is 0 Å². The van der Waals surface area contributed by atoms with Gasteiger partial charge >= 0.3 is 0 Å². The molecule has 2 N–H and O–H groups in total. The van der Waals surface area contributed by atoms with Gasteiger partial charge in [0.05, 0.1) is 42.2 Å². The number of benzene rings is 1.